The molecule has 1 saturated heterocycles. The van der Waals surface area contributed by atoms with Crippen LogP contribution in [0.15, 0.2) is 12.1 Å². The van der Waals surface area contributed by atoms with E-state index < -0.39 is 0 Å². The van der Waals surface area contributed by atoms with E-state index in [4.69, 9.17) is 4.74 Å². The number of nitrogens with zero attached hydrogens (tertiary/aromatic N) is 1. The van der Waals surface area contributed by atoms with Crippen LogP contribution in [0.3, 0.4) is 0 Å². The van der Waals surface area contributed by atoms with Crippen molar-refractivity contribution in [2.75, 3.05) is 26.2 Å². The summed E-state index contributed by atoms with van der Waals surface area (Å²) in [5.41, 5.74) is 3.83. The predicted octanol–water partition coefficient (Wildman–Crippen LogP) is 3.28. The average molecular weight is 290 g/mol. The molecule has 118 valence electrons. The first-order valence-corrected chi connectivity index (χ1v) is 8.25. The van der Waals surface area contributed by atoms with Gasteiger partial charge in [-0.25, -0.2) is 0 Å². The molecule has 1 fully saturated rings. The van der Waals surface area contributed by atoms with E-state index >= 15 is 0 Å². The highest BCUT2D eigenvalue weighted by atomic mass is 16.5. The Morgan fingerprint density at radius 3 is 2.33 bits per heavy atom. The van der Waals surface area contributed by atoms with E-state index in [1.807, 2.05) is 0 Å². The summed E-state index contributed by atoms with van der Waals surface area (Å²) in [5.74, 6) is 1.07. The first-order chi connectivity index (χ1) is 10.1. The quantitative estimate of drug-likeness (QED) is 0.834. The molecule has 21 heavy (non-hydrogen) atoms. The van der Waals surface area contributed by atoms with Crippen LogP contribution >= 0.6 is 0 Å². The molecule has 0 spiro atoms. The zero-order valence-corrected chi connectivity index (χ0v) is 14.0. The van der Waals surface area contributed by atoms with Gasteiger partial charge in [0.1, 0.15) is 12.4 Å². The Morgan fingerprint density at radius 2 is 1.76 bits per heavy atom. The average Bonchev–Trinajstić information content (AvgIpc) is 2.92. The van der Waals surface area contributed by atoms with Gasteiger partial charge in [0, 0.05) is 19.1 Å². The zero-order valence-electron chi connectivity index (χ0n) is 14.0. The smallest absolute Gasteiger partial charge is 0.125 e. The molecule has 0 radical (unpaired) electrons. The molecule has 3 heteroatoms. The minimum Gasteiger partial charge on any atom is -0.492 e. The molecule has 0 saturated carbocycles. The Hall–Kier alpha value is -1.06. The molecule has 1 aliphatic heterocycles. The third-order valence-corrected chi connectivity index (χ3v) is 4.09. The second kappa shape index (κ2) is 7.81. The van der Waals surface area contributed by atoms with Gasteiger partial charge < -0.3 is 10.1 Å². The Bertz CT molecular complexity index is 428. The molecule has 0 aliphatic carbocycles. The molecule has 0 bridgehead atoms. The second-order valence-corrected chi connectivity index (χ2v) is 6.49. The summed E-state index contributed by atoms with van der Waals surface area (Å²) in [4.78, 5) is 2.49. The Kier molecular flexibility index (Phi) is 6.07. The van der Waals surface area contributed by atoms with Crippen LogP contribution in [0.5, 0.6) is 5.75 Å². The zero-order chi connectivity index (χ0) is 15.2. The van der Waals surface area contributed by atoms with Crippen LogP contribution in [0.2, 0.25) is 0 Å². The molecular weight excluding hydrogens is 260 g/mol. The first kappa shape index (κ1) is 16.3. The number of nitrogens with one attached hydrogen (secondary N) is 1. The number of aryl methyl sites for hydroxylation is 2. The van der Waals surface area contributed by atoms with Gasteiger partial charge in [-0.05, 0) is 56.5 Å². The fraction of sp³-hybridized carbons (Fsp3) is 0.667. The van der Waals surface area contributed by atoms with Crippen molar-refractivity contribution < 1.29 is 4.74 Å². The van der Waals surface area contributed by atoms with Crippen LogP contribution in [-0.2, 0) is 6.54 Å². The third kappa shape index (κ3) is 5.01. The molecule has 0 atom stereocenters. The predicted molar refractivity (Wildman–Crippen MR) is 89.1 cm³/mol. The lowest BCUT2D eigenvalue weighted by Crippen LogP contribution is -2.25. The molecule has 2 rings (SSSR count). The summed E-state index contributed by atoms with van der Waals surface area (Å²) in [6, 6.07) is 5.00. The summed E-state index contributed by atoms with van der Waals surface area (Å²) in [7, 11) is 0. The monoisotopic (exact) mass is 290 g/mol. The first-order valence-electron chi connectivity index (χ1n) is 8.25. The van der Waals surface area contributed by atoms with Gasteiger partial charge in [-0.3, -0.25) is 4.90 Å². The maximum Gasteiger partial charge on any atom is 0.125 e. The summed E-state index contributed by atoms with van der Waals surface area (Å²) >= 11 is 0. The van der Waals surface area contributed by atoms with Crippen molar-refractivity contribution >= 4 is 0 Å². The highest BCUT2D eigenvalue weighted by Gasteiger charge is 2.12. The lowest BCUT2D eigenvalue weighted by Gasteiger charge is -2.18. The normalized spacial score (nSPS) is 15.9. The number of rotatable bonds is 7. The van der Waals surface area contributed by atoms with Crippen molar-refractivity contribution in [1.82, 2.24) is 10.2 Å². The summed E-state index contributed by atoms with van der Waals surface area (Å²) in [5, 5.41) is 3.47. The number of benzene rings is 1. The number of hydrogen-bond donors (Lipinski definition) is 1. The van der Waals surface area contributed by atoms with E-state index in [0.717, 1.165) is 25.4 Å². The molecule has 1 aromatic carbocycles. The van der Waals surface area contributed by atoms with Gasteiger partial charge in [0.25, 0.3) is 0 Å². The lowest BCUT2D eigenvalue weighted by atomic mass is 10.1. The highest BCUT2D eigenvalue weighted by Crippen LogP contribution is 2.25. The van der Waals surface area contributed by atoms with Crippen molar-refractivity contribution in [2.24, 2.45) is 0 Å². The molecule has 1 aromatic rings. The van der Waals surface area contributed by atoms with Gasteiger partial charge >= 0.3 is 0 Å². The summed E-state index contributed by atoms with van der Waals surface area (Å²) in [6.07, 6.45) is 2.69. The molecule has 0 amide bonds. The minimum absolute atomic E-state index is 0.516. The van der Waals surface area contributed by atoms with Crippen molar-refractivity contribution in [3.63, 3.8) is 0 Å². The van der Waals surface area contributed by atoms with Gasteiger partial charge in [0.05, 0.1) is 0 Å². The van der Waals surface area contributed by atoms with Crippen LogP contribution in [0.25, 0.3) is 0 Å². The lowest BCUT2D eigenvalue weighted by molar-refractivity contribution is 0.236. The minimum atomic E-state index is 0.516. The number of ether oxygens (including phenoxy) is 1. The number of likely N-dealkylation sites (tertiary alicyclic amines) is 1. The van der Waals surface area contributed by atoms with Crippen LogP contribution in [0, 0.1) is 13.8 Å². The molecule has 1 heterocycles. The molecule has 3 nitrogen and oxygen atoms in total. The Morgan fingerprint density at radius 1 is 1.14 bits per heavy atom. The summed E-state index contributed by atoms with van der Waals surface area (Å²) < 4.78 is 6.05. The standard InChI is InChI=1S/C18H30N2O/c1-14(2)19-13-17-11-15(3)18(16(4)12-17)21-10-9-20-7-5-6-8-20/h11-12,14,19H,5-10,13H2,1-4H3. The second-order valence-electron chi connectivity index (χ2n) is 6.49. The number of hydrogen-bond acceptors (Lipinski definition) is 3. The van der Waals surface area contributed by atoms with Crippen molar-refractivity contribution in [2.45, 2.75) is 53.1 Å². The van der Waals surface area contributed by atoms with E-state index in [9.17, 15) is 0 Å². The third-order valence-electron chi connectivity index (χ3n) is 4.09. The van der Waals surface area contributed by atoms with Crippen molar-refractivity contribution in [3.05, 3.63) is 28.8 Å². The van der Waals surface area contributed by atoms with Crippen molar-refractivity contribution in [1.29, 1.82) is 0 Å². The summed E-state index contributed by atoms with van der Waals surface area (Å²) in [6.45, 7) is 13.9. The highest BCUT2D eigenvalue weighted by molar-refractivity contribution is 5.43. The van der Waals surface area contributed by atoms with Gasteiger partial charge in [0.15, 0.2) is 0 Å². The maximum absolute atomic E-state index is 6.05. The van der Waals surface area contributed by atoms with Gasteiger partial charge in [0.2, 0.25) is 0 Å². The van der Waals surface area contributed by atoms with Gasteiger partial charge in [-0.1, -0.05) is 26.0 Å². The maximum atomic E-state index is 6.05. The van der Waals surface area contributed by atoms with Gasteiger partial charge in [-0.15, -0.1) is 0 Å². The van der Waals surface area contributed by atoms with E-state index in [-0.39, 0.29) is 0 Å². The molecular formula is C18H30N2O. The molecule has 0 unspecified atom stereocenters. The Balaban J connectivity index is 1.89. The van der Waals surface area contributed by atoms with Gasteiger partial charge in [-0.2, -0.15) is 0 Å². The largest absolute Gasteiger partial charge is 0.492 e. The molecule has 1 N–H and O–H groups in total. The van der Waals surface area contributed by atoms with E-state index in [2.05, 4.69) is 50.0 Å². The fourth-order valence-electron chi connectivity index (χ4n) is 2.97. The van der Waals surface area contributed by atoms with Crippen LogP contribution < -0.4 is 10.1 Å². The van der Waals surface area contributed by atoms with Crippen LogP contribution in [0.4, 0.5) is 0 Å². The molecule has 1 aliphatic rings. The van der Waals surface area contributed by atoms with Crippen LogP contribution in [-0.4, -0.2) is 37.2 Å². The SMILES string of the molecule is Cc1cc(CNC(C)C)cc(C)c1OCCN1CCCC1. The van der Waals surface area contributed by atoms with E-state index in [1.165, 1.54) is 42.6 Å². The van der Waals surface area contributed by atoms with E-state index in [0.29, 0.717) is 6.04 Å². The Labute approximate surface area is 129 Å². The van der Waals surface area contributed by atoms with Crippen LogP contribution in [0.1, 0.15) is 43.4 Å². The molecule has 0 aromatic heterocycles. The van der Waals surface area contributed by atoms with E-state index in [1.54, 1.807) is 0 Å². The topological polar surface area (TPSA) is 24.5 Å². The van der Waals surface area contributed by atoms with Crippen molar-refractivity contribution in [3.8, 4) is 5.75 Å². The fourth-order valence-corrected chi connectivity index (χ4v) is 2.97.